The molecule has 2 aliphatic heterocycles. The Labute approximate surface area is 176 Å². The van der Waals surface area contributed by atoms with E-state index in [4.69, 9.17) is 14.5 Å². The Morgan fingerprint density at radius 2 is 1.93 bits per heavy atom. The highest BCUT2D eigenvalue weighted by Crippen LogP contribution is 2.34. The molecule has 0 saturated carbocycles. The number of benzene rings is 1. The maximum absolute atomic E-state index is 13.4. The molecule has 5 rings (SSSR count). The Bertz CT molecular complexity index is 1050. The first-order valence-electron chi connectivity index (χ1n) is 9.57. The second kappa shape index (κ2) is 7.64. The highest BCUT2D eigenvalue weighted by molar-refractivity contribution is 8.01. The number of aromatic nitrogens is 3. The fraction of sp³-hybridized carbons (Fsp3) is 0.400. The van der Waals surface area contributed by atoms with E-state index in [0.717, 1.165) is 25.3 Å². The normalized spacial score (nSPS) is 18.6. The first-order chi connectivity index (χ1) is 14.1. The zero-order valence-corrected chi connectivity index (χ0v) is 17.6. The van der Waals surface area contributed by atoms with E-state index in [-0.39, 0.29) is 5.91 Å². The molecule has 2 aromatic heterocycles. The number of para-hydroxylation sites is 1. The lowest BCUT2D eigenvalue weighted by Crippen LogP contribution is -2.47. The number of hydrogen-bond acceptors (Lipinski definition) is 8. The quantitative estimate of drug-likeness (QED) is 0.632. The third-order valence-corrected chi connectivity index (χ3v) is 7.06. The van der Waals surface area contributed by atoms with Crippen molar-refractivity contribution in [1.29, 1.82) is 0 Å². The van der Waals surface area contributed by atoms with Crippen LogP contribution in [0.15, 0.2) is 39.7 Å². The Morgan fingerprint density at radius 1 is 1.17 bits per heavy atom. The highest BCUT2D eigenvalue weighted by atomic mass is 32.2. The van der Waals surface area contributed by atoms with Crippen LogP contribution in [0.4, 0.5) is 0 Å². The van der Waals surface area contributed by atoms with Crippen molar-refractivity contribution in [3.8, 4) is 0 Å². The molecule has 3 aromatic rings. The summed E-state index contributed by atoms with van der Waals surface area (Å²) in [5.74, 6) is -0.472. The molecule has 0 N–H and O–H groups in total. The van der Waals surface area contributed by atoms with E-state index in [1.54, 1.807) is 0 Å². The molecule has 29 heavy (non-hydrogen) atoms. The number of aryl methyl sites for hydroxylation is 1. The van der Waals surface area contributed by atoms with Gasteiger partial charge in [-0.1, -0.05) is 29.5 Å². The molecule has 0 aliphatic carbocycles. The third-order valence-electron chi connectivity index (χ3n) is 5.25. The molecular weight excluding hydrogens is 408 g/mol. The number of hydrogen-bond donors (Lipinski definition) is 0. The number of pyridine rings is 1. The molecule has 4 heterocycles. The second-order valence-corrected chi connectivity index (χ2v) is 9.56. The Hall–Kier alpha value is -2.07. The predicted molar refractivity (Wildman–Crippen MR) is 110 cm³/mol. The van der Waals surface area contributed by atoms with E-state index in [1.165, 1.54) is 23.1 Å². The van der Waals surface area contributed by atoms with Crippen LogP contribution in [-0.2, 0) is 9.47 Å². The minimum absolute atomic E-state index is 0.0201. The fourth-order valence-electron chi connectivity index (χ4n) is 3.80. The van der Waals surface area contributed by atoms with Crippen molar-refractivity contribution < 1.29 is 14.3 Å². The zero-order chi connectivity index (χ0) is 19.8. The van der Waals surface area contributed by atoms with E-state index in [1.807, 2.05) is 42.2 Å². The van der Waals surface area contributed by atoms with E-state index >= 15 is 0 Å². The molecule has 2 saturated heterocycles. The molecule has 0 radical (unpaired) electrons. The van der Waals surface area contributed by atoms with Crippen LogP contribution in [0, 0.1) is 6.92 Å². The predicted octanol–water partition coefficient (Wildman–Crippen LogP) is 3.53. The molecule has 1 aromatic carbocycles. The van der Waals surface area contributed by atoms with Crippen LogP contribution in [-0.4, -0.2) is 58.1 Å². The van der Waals surface area contributed by atoms with Crippen LogP contribution in [0.25, 0.3) is 10.9 Å². The van der Waals surface area contributed by atoms with Crippen LogP contribution in [0.1, 0.15) is 28.2 Å². The van der Waals surface area contributed by atoms with E-state index in [2.05, 4.69) is 10.2 Å². The largest absolute Gasteiger partial charge is 0.347 e. The average molecular weight is 429 g/mol. The first kappa shape index (κ1) is 18.9. The van der Waals surface area contributed by atoms with Gasteiger partial charge in [0, 0.05) is 31.3 Å². The Kier molecular flexibility index (Phi) is 4.99. The summed E-state index contributed by atoms with van der Waals surface area (Å²) in [6.45, 7) is 4.43. The molecular formula is C20H20N4O3S2. The molecule has 0 atom stereocenters. The molecule has 1 amide bonds. The van der Waals surface area contributed by atoms with Gasteiger partial charge in [0.15, 0.2) is 10.1 Å². The summed E-state index contributed by atoms with van der Waals surface area (Å²) >= 11 is 2.96. The van der Waals surface area contributed by atoms with Gasteiger partial charge in [-0.25, -0.2) is 4.98 Å². The van der Waals surface area contributed by atoms with Gasteiger partial charge >= 0.3 is 0 Å². The molecule has 0 bridgehead atoms. The molecule has 2 fully saturated rings. The van der Waals surface area contributed by atoms with Crippen molar-refractivity contribution in [2.24, 2.45) is 0 Å². The number of ether oxygens (including phenoxy) is 2. The molecule has 0 unspecified atom stereocenters. The summed E-state index contributed by atoms with van der Waals surface area (Å²) in [4.78, 5) is 20.0. The average Bonchev–Trinajstić information content (AvgIpc) is 3.36. The van der Waals surface area contributed by atoms with E-state index in [9.17, 15) is 4.79 Å². The molecule has 2 aliphatic rings. The lowest BCUT2D eigenvalue weighted by molar-refractivity contribution is -0.181. The van der Waals surface area contributed by atoms with Crippen LogP contribution < -0.4 is 0 Å². The van der Waals surface area contributed by atoms with Gasteiger partial charge in [-0.05, 0) is 30.8 Å². The summed E-state index contributed by atoms with van der Waals surface area (Å²) in [5.41, 5.74) is 1.47. The van der Waals surface area contributed by atoms with Gasteiger partial charge in [-0.2, -0.15) is 0 Å². The van der Waals surface area contributed by atoms with Crippen LogP contribution in [0.3, 0.4) is 0 Å². The van der Waals surface area contributed by atoms with Gasteiger partial charge in [-0.3, -0.25) is 4.79 Å². The van der Waals surface area contributed by atoms with Gasteiger partial charge in [0.25, 0.3) is 5.91 Å². The summed E-state index contributed by atoms with van der Waals surface area (Å²) in [5, 5.41) is 10.7. The molecule has 1 spiro atoms. The maximum Gasteiger partial charge on any atom is 0.254 e. The van der Waals surface area contributed by atoms with Gasteiger partial charge in [0.2, 0.25) is 0 Å². The maximum atomic E-state index is 13.4. The van der Waals surface area contributed by atoms with Crippen LogP contribution in [0.5, 0.6) is 0 Å². The second-order valence-electron chi connectivity index (χ2n) is 7.11. The Balaban J connectivity index is 1.44. The number of amides is 1. The smallest absolute Gasteiger partial charge is 0.254 e. The number of rotatable bonds is 3. The van der Waals surface area contributed by atoms with E-state index in [0.29, 0.717) is 44.7 Å². The summed E-state index contributed by atoms with van der Waals surface area (Å²) in [7, 11) is 0. The molecule has 9 heteroatoms. The molecule has 150 valence electrons. The third kappa shape index (κ3) is 3.75. The topological polar surface area (TPSA) is 77.4 Å². The van der Waals surface area contributed by atoms with Gasteiger partial charge in [0.1, 0.15) is 10.0 Å². The summed E-state index contributed by atoms with van der Waals surface area (Å²) < 4.78 is 12.4. The van der Waals surface area contributed by atoms with Gasteiger partial charge in [-0.15, -0.1) is 10.2 Å². The first-order valence-corrected chi connectivity index (χ1v) is 11.2. The summed E-state index contributed by atoms with van der Waals surface area (Å²) in [6, 6.07) is 9.64. The number of fused-ring (bicyclic) bond motifs is 1. The number of carbonyl (C=O) groups excluding carboxylic acids is 1. The van der Waals surface area contributed by atoms with Crippen LogP contribution in [0.2, 0.25) is 0 Å². The number of carbonyl (C=O) groups is 1. The minimum atomic E-state index is -0.492. The summed E-state index contributed by atoms with van der Waals surface area (Å²) in [6.07, 6.45) is 1.40. The van der Waals surface area contributed by atoms with Crippen LogP contribution >= 0.6 is 23.1 Å². The zero-order valence-electron chi connectivity index (χ0n) is 16.0. The number of likely N-dealkylation sites (tertiary alicyclic amines) is 1. The van der Waals surface area contributed by atoms with Crippen molar-refractivity contribution in [3.63, 3.8) is 0 Å². The lowest BCUT2D eigenvalue weighted by atomic mass is 10.0. The monoisotopic (exact) mass is 428 g/mol. The van der Waals surface area contributed by atoms with Crippen molar-refractivity contribution in [1.82, 2.24) is 20.1 Å². The fourth-order valence-corrected chi connectivity index (χ4v) is 5.58. The number of nitrogens with zero attached hydrogens (tertiary/aromatic N) is 4. The van der Waals surface area contributed by atoms with Crippen molar-refractivity contribution in [2.45, 2.75) is 34.9 Å². The van der Waals surface area contributed by atoms with E-state index < -0.39 is 5.79 Å². The van der Waals surface area contributed by atoms with Crippen molar-refractivity contribution in [2.75, 3.05) is 26.3 Å². The Morgan fingerprint density at radius 3 is 2.66 bits per heavy atom. The molecule has 7 nitrogen and oxygen atoms in total. The lowest BCUT2D eigenvalue weighted by Gasteiger charge is -2.37. The van der Waals surface area contributed by atoms with Gasteiger partial charge in [0.05, 0.1) is 24.3 Å². The number of piperidine rings is 1. The van der Waals surface area contributed by atoms with Crippen molar-refractivity contribution >= 4 is 39.9 Å². The van der Waals surface area contributed by atoms with Crippen molar-refractivity contribution in [3.05, 3.63) is 40.9 Å². The standard InChI is InChI=1S/C20H20N4O3S2/c1-13-22-23-19(28-13)29-17-12-15(14-4-2-3-5-16(14)21-17)18(25)24-8-6-20(7-9-24)26-10-11-27-20/h2-5,12H,6-11H2,1H3. The minimum Gasteiger partial charge on any atom is -0.347 e. The van der Waals surface area contributed by atoms with Gasteiger partial charge < -0.3 is 14.4 Å². The highest BCUT2D eigenvalue weighted by Gasteiger charge is 2.41. The SMILES string of the molecule is Cc1nnc(Sc2cc(C(=O)N3CCC4(CC3)OCCO4)c3ccccc3n2)s1.